The lowest BCUT2D eigenvalue weighted by molar-refractivity contribution is 0.0875. The molecule has 0 saturated carbocycles. The number of H-pyrrole nitrogens is 1. The minimum atomic E-state index is -3.51. The molecule has 0 spiro atoms. The van der Waals surface area contributed by atoms with Crippen molar-refractivity contribution in [3.63, 3.8) is 0 Å². The summed E-state index contributed by atoms with van der Waals surface area (Å²) in [6.07, 6.45) is 3.46. The van der Waals surface area contributed by atoms with Gasteiger partial charge in [0.25, 0.3) is 0 Å². The highest BCUT2D eigenvalue weighted by Gasteiger charge is 2.36. The highest BCUT2D eigenvalue weighted by Crippen LogP contribution is 2.55. The first kappa shape index (κ1) is 18.3. The van der Waals surface area contributed by atoms with Gasteiger partial charge in [-0.2, -0.15) is 0 Å². The molecule has 29 heavy (non-hydrogen) atoms. The predicted octanol–water partition coefficient (Wildman–Crippen LogP) is 4.38. The average Bonchev–Trinajstić information content (AvgIpc) is 2.73. The molecule has 1 saturated heterocycles. The van der Waals surface area contributed by atoms with Gasteiger partial charge in [-0.1, -0.05) is 35.9 Å². The Balaban J connectivity index is 1.56. The zero-order valence-corrected chi connectivity index (χ0v) is 16.7. The van der Waals surface area contributed by atoms with E-state index in [1.54, 1.807) is 24.4 Å². The minimum absolute atomic E-state index is 0.0701. The summed E-state index contributed by atoms with van der Waals surface area (Å²) >= 11 is 0. The minimum Gasteiger partial charge on any atom is -0.359 e. The quantitative estimate of drug-likeness (QED) is 0.395. The van der Waals surface area contributed by atoms with Crippen LogP contribution in [0.4, 0.5) is 0 Å². The monoisotopic (exact) mass is 406 g/mol. The first-order valence-electron chi connectivity index (χ1n) is 9.44. The van der Waals surface area contributed by atoms with Gasteiger partial charge in [-0.3, -0.25) is 18.9 Å². The zero-order chi connectivity index (χ0) is 20.0. The topological polar surface area (TPSA) is 81.3 Å². The van der Waals surface area contributed by atoms with Crippen LogP contribution in [0.1, 0.15) is 23.7 Å². The van der Waals surface area contributed by atoms with E-state index in [-0.39, 0.29) is 11.5 Å². The number of aryl methyl sites for hydroxylation is 1. The van der Waals surface area contributed by atoms with Crippen molar-refractivity contribution in [2.24, 2.45) is 0 Å². The third kappa shape index (κ3) is 3.19. The summed E-state index contributed by atoms with van der Waals surface area (Å²) in [5.74, 6) is 0. The van der Waals surface area contributed by atoms with Crippen LogP contribution in [0.2, 0.25) is 0 Å². The highest BCUT2D eigenvalue weighted by molar-refractivity contribution is 7.62. The molecular weight excluding hydrogens is 387 g/mol. The smallest absolute Gasteiger partial charge is 0.359 e. The molecule has 1 aliphatic heterocycles. The number of aromatic nitrogens is 2. The summed E-state index contributed by atoms with van der Waals surface area (Å²) in [5.41, 5.74) is 3.34. The van der Waals surface area contributed by atoms with Crippen LogP contribution in [0, 0.1) is 6.92 Å². The number of rotatable bonds is 2. The Morgan fingerprint density at radius 1 is 1.17 bits per heavy atom. The second-order valence-corrected chi connectivity index (χ2v) is 9.20. The first-order chi connectivity index (χ1) is 14.0. The molecule has 146 valence electrons. The van der Waals surface area contributed by atoms with Gasteiger partial charge in [-0.25, -0.2) is 0 Å². The molecule has 6 nitrogen and oxygen atoms in total. The maximum atomic E-state index is 13.5. The van der Waals surface area contributed by atoms with Gasteiger partial charge in [0.05, 0.1) is 29.0 Å². The summed E-state index contributed by atoms with van der Waals surface area (Å²) in [6, 6.07) is 14.8. The van der Waals surface area contributed by atoms with Crippen LogP contribution in [0.15, 0.2) is 65.7 Å². The van der Waals surface area contributed by atoms with Crippen molar-refractivity contribution < 1.29 is 13.6 Å². The van der Waals surface area contributed by atoms with Crippen LogP contribution in [0.25, 0.3) is 21.8 Å². The van der Waals surface area contributed by atoms with E-state index < -0.39 is 7.60 Å². The molecule has 1 fully saturated rings. The maximum absolute atomic E-state index is 13.5. The van der Waals surface area contributed by atoms with Crippen molar-refractivity contribution in [3.05, 3.63) is 82.3 Å². The molecule has 3 heterocycles. The van der Waals surface area contributed by atoms with E-state index in [9.17, 15) is 9.36 Å². The van der Waals surface area contributed by atoms with Crippen molar-refractivity contribution in [1.82, 2.24) is 9.97 Å². The molecule has 4 aromatic rings. The normalized spacial score (nSPS) is 22.2. The number of fused-ring (bicyclic) bond motifs is 3. The lowest BCUT2D eigenvalue weighted by atomic mass is 10.0. The fraction of sp³-hybridized carbons (Fsp3) is 0.182. The fourth-order valence-corrected chi connectivity index (χ4v) is 5.48. The number of benzene rings is 2. The van der Waals surface area contributed by atoms with E-state index in [0.29, 0.717) is 34.8 Å². The molecule has 2 aromatic heterocycles. The van der Waals surface area contributed by atoms with Crippen molar-refractivity contribution in [2.45, 2.75) is 19.4 Å². The van der Waals surface area contributed by atoms with Crippen molar-refractivity contribution in [1.29, 1.82) is 0 Å². The van der Waals surface area contributed by atoms with E-state index in [4.69, 9.17) is 9.05 Å². The number of nitrogens with one attached hydrogen (secondary N) is 1. The standard InChI is InChI=1S/C22H19N2O4P/c1-14-3-2-4-15(11-14)20-8-10-27-29(26,28-20)17-12-16-5-6-18-19(25)7-9-23-22(18)21(16)24-13-17/h2-7,9,11-13,20H,8,10H2,1H3,(H,23,25)/t20-,29?/m1/s1. The second kappa shape index (κ2) is 6.92. The first-order valence-corrected chi connectivity index (χ1v) is 11.0. The van der Waals surface area contributed by atoms with Crippen molar-refractivity contribution in [2.75, 3.05) is 6.61 Å². The Morgan fingerprint density at radius 3 is 2.93 bits per heavy atom. The summed E-state index contributed by atoms with van der Waals surface area (Å²) in [6.45, 7) is 2.36. The summed E-state index contributed by atoms with van der Waals surface area (Å²) in [4.78, 5) is 19.6. The van der Waals surface area contributed by atoms with Crippen molar-refractivity contribution >= 4 is 34.7 Å². The van der Waals surface area contributed by atoms with E-state index in [2.05, 4.69) is 9.97 Å². The van der Waals surface area contributed by atoms with Gasteiger partial charge >= 0.3 is 7.60 Å². The summed E-state index contributed by atoms with van der Waals surface area (Å²) in [5, 5.41) is 1.74. The number of hydrogen-bond acceptors (Lipinski definition) is 5. The SMILES string of the molecule is Cc1cccc([C@H]2CCOP(=O)(c3cnc4c(ccc5c(=O)cc[nH]c54)c3)O2)c1. The lowest BCUT2D eigenvalue weighted by Crippen LogP contribution is -2.20. The Kier molecular flexibility index (Phi) is 4.36. The lowest BCUT2D eigenvalue weighted by Gasteiger charge is -2.30. The second-order valence-electron chi connectivity index (χ2n) is 7.22. The molecule has 0 bridgehead atoms. The molecule has 7 heteroatoms. The Hall–Kier alpha value is -2.79. The average molecular weight is 406 g/mol. The largest absolute Gasteiger partial charge is 0.363 e. The highest BCUT2D eigenvalue weighted by atomic mass is 31.2. The number of hydrogen-bond donors (Lipinski definition) is 1. The maximum Gasteiger partial charge on any atom is 0.363 e. The third-order valence-corrected chi connectivity index (χ3v) is 7.14. The van der Waals surface area contributed by atoms with Crippen LogP contribution >= 0.6 is 7.60 Å². The van der Waals surface area contributed by atoms with Gasteiger partial charge in [0.2, 0.25) is 0 Å². The van der Waals surface area contributed by atoms with Crippen LogP contribution in [0.5, 0.6) is 0 Å². The van der Waals surface area contributed by atoms with E-state index in [1.165, 1.54) is 12.3 Å². The zero-order valence-electron chi connectivity index (χ0n) is 15.8. The number of aromatic amines is 1. The van der Waals surface area contributed by atoms with Crippen LogP contribution in [-0.2, 0) is 13.6 Å². The number of nitrogens with zero attached hydrogens (tertiary/aromatic N) is 1. The number of pyridine rings is 2. The molecule has 0 radical (unpaired) electrons. The van der Waals surface area contributed by atoms with Crippen LogP contribution in [-0.4, -0.2) is 16.6 Å². The Morgan fingerprint density at radius 2 is 2.07 bits per heavy atom. The molecule has 1 N–H and O–H groups in total. The molecule has 1 unspecified atom stereocenters. The van der Waals surface area contributed by atoms with Gasteiger partial charge in [-0.15, -0.1) is 0 Å². The predicted molar refractivity (Wildman–Crippen MR) is 113 cm³/mol. The van der Waals surface area contributed by atoms with Gasteiger partial charge in [0, 0.05) is 35.7 Å². The molecule has 5 rings (SSSR count). The molecule has 0 amide bonds. The van der Waals surface area contributed by atoms with Gasteiger partial charge < -0.3 is 9.51 Å². The van der Waals surface area contributed by atoms with E-state index >= 15 is 0 Å². The molecule has 1 aliphatic rings. The van der Waals surface area contributed by atoms with E-state index in [1.807, 2.05) is 31.2 Å². The van der Waals surface area contributed by atoms with E-state index in [0.717, 1.165) is 16.5 Å². The van der Waals surface area contributed by atoms with Gasteiger partial charge in [-0.05, 0) is 24.6 Å². The van der Waals surface area contributed by atoms with Gasteiger partial charge in [0.1, 0.15) is 0 Å². The van der Waals surface area contributed by atoms with Crippen LogP contribution < -0.4 is 10.7 Å². The molecule has 2 atom stereocenters. The summed E-state index contributed by atoms with van der Waals surface area (Å²) in [7, 11) is -3.51. The Labute approximate surface area is 167 Å². The Bertz CT molecular complexity index is 1350. The summed E-state index contributed by atoms with van der Waals surface area (Å²) < 4.78 is 25.1. The molecular formula is C22H19N2O4P. The third-order valence-electron chi connectivity index (χ3n) is 5.20. The van der Waals surface area contributed by atoms with Gasteiger partial charge in [0.15, 0.2) is 5.43 Å². The fourth-order valence-electron chi connectivity index (χ4n) is 3.75. The molecule has 2 aromatic carbocycles. The van der Waals surface area contributed by atoms with Crippen LogP contribution in [0.3, 0.4) is 0 Å². The van der Waals surface area contributed by atoms with Crippen molar-refractivity contribution in [3.8, 4) is 0 Å². The molecule has 0 aliphatic carbocycles.